The Morgan fingerprint density at radius 3 is 2.44 bits per heavy atom. The number of anilines is 1. The Morgan fingerprint density at radius 2 is 1.78 bits per heavy atom. The van der Waals surface area contributed by atoms with Crippen LogP contribution in [0.4, 0.5) is 10.5 Å². The Morgan fingerprint density at radius 1 is 1.07 bits per heavy atom. The zero-order valence-electron chi connectivity index (χ0n) is 16.8. The van der Waals surface area contributed by atoms with Crippen molar-refractivity contribution in [3.8, 4) is 5.75 Å². The summed E-state index contributed by atoms with van der Waals surface area (Å²) < 4.78 is 11.3. The van der Waals surface area contributed by atoms with Crippen LogP contribution in [0.15, 0.2) is 24.3 Å². The number of carbonyl (C=O) groups excluding carboxylic acids is 1. The smallest absolute Gasteiger partial charge is 0.319 e. The number of carbonyl (C=O) groups is 1. The van der Waals surface area contributed by atoms with E-state index in [1.165, 1.54) is 44.9 Å². The summed E-state index contributed by atoms with van der Waals surface area (Å²) in [5.74, 6) is 0.850. The third-order valence-electron chi connectivity index (χ3n) is 4.89. The SMILES string of the molecule is CCCCCCCCCCOc1ccc(NC(=O)NC[C@@H]2CCCO2)cc1. The fourth-order valence-corrected chi connectivity index (χ4v) is 3.25. The molecule has 0 unspecified atom stereocenters. The molecular formula is C22H36N2O3. The molecule has 0 spiro atoms. The van der Waals surface area contributed by atoms with E-state index in [1.54, 1.807) is 0 Å². The number of urea groups is 1. The maximum atomic E-state index is 11.9. The van der Waals surface area contributed by atoms with Crippen molar-refractivity contribution in [3.63, 3.8) is 0 Å². The summed E-state index contributed by atoms with van der Waals surface area (Å²) in [7, 11) is 0. The molecular weight excluding hydrogens is 340 g/mol. The highest BCUT2D eigenvalue weighted by Crippen LogP contribution is 2.17. The van der Waals surface area contributed by atoms with Crippen molar-refractivity contribution in [2.45, 2.75) is 77.2 Å². The predicted molar refractivity (Wildman–Crippen MR) is 111 cm³/mol. The van der Waals surface area contributed by atoms with Gasteiger partial charge in [0.15, 0.2) is 0 Å². The van der Waals surface area contributed by atoms with Gasteiger partial charge in [-0.3, -0.25) is 0 Å². The molecule has 152 valence electrons. The first-order chi connectivity index (χ1) is 13.3. The summed E-state index contributed by atoms with van der Waals surface area (Å²) in [6.07, 6.45) is 12.6. The van der Waals surface area contributed by atoms with E-state index in [2.05, 4.69) is 17.6 Å². The van der Waals surface area contributed by atoms with Gasteiger partial charge in [-0.1, -0.05) is 51.9 Å². The van der Waals surface area contributed by atoms with Crippen LogP contribution in [0.1, 0.15) is 71.1 Å². The monoisotopic (exact) mass is 376 g/mol. The van der Waals surface area contributed by atoms with Gasteiger partial charge in [0.1, 0.15) is 5.75 Å². The fourth-order valence-electron chi connectivity index (χ4n) is 3.25. The maximum absolute atomic E-state index is 11.9. The molecule has 1 aromatic carbocycles. The molecule has 2 rings (SSSR count). The Balaban J connectivity index is 1.52. The lowest BCUT2D eigenvalue weighted by molar-refractivity contribution is 0.112. The largest absolute Gasteiger partial charge is 0.494 e. The lowest BCUT2D eigenvalue weighted by Crippen LogP contribution is -2.34. The van der Waals surface area contributed by atoms with Crippen LogP contribution in [0.25, 0.3) is 0 Å². The Kier molecular flexibility index (Phi) is 10.7. The van der Waals surface area contributed by atoms with Crippen molar-refractivity contribution < 1.29 is 14.3 Å². The molecule has 1 saturated heterocycles. The average molecular weight is 377 g/mol. The van der Waals surface area contributed by atoms with Crippen molar-refractivity contribution in [1.29, 1.82) is 0 Å². The molecule has 1 heterocycles. The van der Waals surface area contributed by atoms with Crippen LogP contribution >= 0.6 is 0 Å². The molecule has 1 fully saturated rings. The number of unbranched alkanes of at least 4 members (excludes halogenated alkanes) is 7. The summed E-state index contributed by atoms with van der Waals surface area (Å²) in [5, 5.41) is 5.69. The number of hydrogen-bond donors (Lipinski definition) is 2. The van der Waals surface area contributed by atoms with E-state index in [4.69, 9.17) is 9.47 Å². The summed E-state index contributed by atoms with van der Waals surface area (Å²) in [6, 6.07) is 7.35. The third kappa shape index (κ3) is 9.66. The highest BCUT2D eigenvalue weighted by atomic mass is 16.5. The predicted octanol–water partition coefficient (Wildman–Crippen LogP) is 5.51. The summed E-state index contributed by atoms with van der Waals surface area (Å²) >= 11 is 0. The summed E-state index contributed by atoms with van der Waals surface area (Å²) in [6.45, 7) is 4.37. The minimum absolute atomic E-state index is 0.155. The van der Waals surface area contributed by atoms with Gasteiger partial charge >= 0.3 is 6.03 Å². The molecule has 1 aliphatic rings. The molecule has 0 saturated carbocycles. The second-order valence-corrected chi connectivity index (χ2v) is 7.32. The number of hydrogen-bond acceptors (Lipinski definition) is 3. The molecule has 0 radical (unpaired) electrons. The van der Waals surface area contributed by atoms with Crippen LogP contribution in [0.5, 0.6) is 5.75 Å². The normalized spacial score (nSPS) is 16.3. The molecule has 5 nitrogen and oxygen atoms in total. The first-order valence-corrected chi connectivity index (χ1v) is 10.7. The standard InChI is InChI=1S/C22H36N2O3/c1-2-3-4-5-6-7-8-9-16-26-20-14-12-19(13-15-20)24-22(25)23-18-21-11-10-17-27-21/h12-15,21H,2-11,16-18H2,1H3,(H2,23,24,25)/t21-/m0/s1. The van der Waals surface area contributed by atoms with Gasteiger partial charge in [-0.25, -0.2) is 4.79 Å². The van der Waals surface area contributed by atoms with Crippen LogP contribution in [-0.2, 0) is 4.74 Å². The van der Waals surface area contributed by atoms with E-state index in [9.17, 15) is 4.79 Å². The zero-order chi connectivity index (χ0) is 19.2. The number of amides is 2. The van der Waals surface area contributed by atoms with Crippen molar-refractivity contribution in [2.75, 3.05) is 25.1 Å². The van der Waals surface area contributed by atoms with Crippen LogP contribution < -0.4 is 15.4 Å². The molecule has 1 atom stereocenters. The molecule has 0 bridgehead atoms. The fraction of sp³-hybridized carbons (Fsp3) is 0.682. The summed E-state index contributed by atoms with van der Waals surface area (Å²) in [5.41, 5.74) is 0.763. The zero-order valence-corrected chi connectivity index (χ0v) is 16.8. The van der Waals surface area contributed by atoms with Gasteiger partial charge in [0.05, 0.1) is 12.7 Å². The molecule has 0 aliphatic carbocycles. The number of benzene rings is 1. The van der Waals surface area contributed by atoms with E-state index in [1.807, 2.05) is 24.3 Å². The molecule has 2 N–H and O–H groups in total. The first kappa shape index (κ1) is 21.5. The van der Waals surface area contributed by atoms with Crippen LogP contribution in [0.2, 0.25) is 0 Å². The Hall–Kier alpha value is -1.75. The summed E-state index contributed by atoms with van der Waals surface area (Å²) in [4.78, 5) is 11.9. The topological polar surface area (TPSA) is 59.6 Å². The molecule has 0 aromatic heterocycles. The molecule has 1 aliphatic heterocycles. The van der Waals surface area contributed by atoms with Crippen molar-refractivity contribution in [1.82, 2.24) is 5.32 Å². The number of nitrogens with one attached hydrogen (secondary N) is 2. The van der Waals surface area contributed by atoms with Gasteiger partial charge in [0.2, 0.25) is 0 Å². The van der Waals surface area contributed by atoms with E-state index in [0.29, 0.717) is 6.54 Å². The van der Waals surface area contributed by atoms with E-state index in [-0.39, 0.29) is 12.1 Å². The van der Waals surface area contributed by atoms with Gasteiger partial charge < -0.3 is 20.1 Å². The Bertz CT molecular complexity index is 513. The minimum Gasteiger partial charge on any atom is -0.494 e. The van der Waals surface area contributed by atoms with Gasteiger partial charge in [-0.15, -0.1) is 0 Å². The van der Waals surface area contributed by atoms with Crippen LogP contribution in [-0.4, -0.2) is 31.9 Å². The second-order valence-electron chi connectivity index (χ2n) is 7.32. The number of ether oxygens (including phenoxy) is 2. The lowest BCUT2D eigenvalue weighted by atomic mass is 10.1. The van der Waals surface area contributed by atoms with Gasteiger partial charge in [-0.05, 0) is 43.5 Å². The number of rotatable bonds is 13. The molecule has 2 amide bonds. The quantitative estimate of drug-likeness (QED) is 0.446. The van der Waals surface area contributed by atoms with Crippen molar-refractivity contribution in [3.05, 3.63) is 24.3 Å². The molecule has 1 aromatic rings. The van der Waals surface area contributed by atoms with E-state index < -0.39 is 0 Å². The van der Waals surface area contributed by atoms with Crippen molar-refractivity contribution >= 4 is 11.7 Å². The minimum atomic E-state index is -0.196. The first-order valence-electron chi connectivity index (χ1n) is 10.7. The van der Waals surface area contributed by atoms with Crippen LogP contribution in [0.3, 0.4) is 0 Å². The van der Waals surface area contributed by atoms with Gasteiger partial charge in [0, 0.05) is 18.8 Å². The highest BCUT2D eigenvalue weighted by Gasteiger charge is 2.16. The van der Waals surface area contributed by atoms with E-state index >= 15 is 0 Å². The van der Waals surface area contributed by atoms with Gasteiger partial charge in [0.25, 0.3) is 0 Å². The van der Waals surface area contributed by atoms with Crippen molar-refractivity contribution in [2.24, 2.45) is 0 Å². The lowest BCUT2D eigenvalue weighted by Gasteiger charge is -2.12. The molecule has 27 heavy (non-hydrogen) atoms. The maximum Gasteiger partial charge on any atom is 0.319 e. The van der Waals surface area contributed by atoms with Crippen LogP contribution in [0, 0.1) is 0 Å². The molecule has 5 heteroatoms. The van der Waals surface area contributed by atoms with Gasteiger partial charge in [-0.2, -0.15) is 0 Å². The highest BCUT2D eigenvalue weighted by molar-refractivity contribution is 5.89. The second kappa shape index (κ2) is 13.4. The van der Waals surface area contributed by atoms with E-state index in [0.717, 1.165) is 43.9 Å². The average Bonchev–Trinajstić information content (AvgIpc) is 3.20. The third-order valence-corrected chi connectivity index (χ3v) is 4.89. The Labute approximate surface area is 164 Å².